The zero-order valence-electron chi connectivity index (χ0n) is 10.3. The lowest BCUT2D eigenvalue weighted by atomic mass is 10.0. The molecule has 1 aromatic carbocycles. The quantitative estimate of drug-likeness (QED) is 0.809. The topological polar surface area (TPSA) is 27.7 Å². The lowest BCUT2D eigenvalue weighted by Gasteiger charge is -2.32. The number of hydrogen-bond acceptors (Lipinski definition) is 3. The van der Waals surface area contributed by atoms with E-state index in [1.807, 2.05) is 32.1 Å². The van der Waals surface area contributed by atoms with E-state index in [0.717, 1.165) is 5.56 Å². The van der Waals surface area contributed by atoms with E-state index in [1.165, 1.54) is 0 Å². The molecule has 0 bridgehead atoms. The summed E-state index contributed by atoms with van der Waals surface area (Å²) in [5.41, 5.74) is 0.348. The predicted molar refractivity (Wildman–Crippen MR) is 68.1 cm³/mol. The molecule has 1 aliphatic heterocycles. The van der Waals surface area contributed by atoms with E-state index in [0.29, 0.717) is 22.3 Å². The Kier molecular flexibility index (Phi) is 2.96. The zero-order valence-corrected chi connectivity index (χ0v) is 11.1. The van der Waals surface area contributed by atoms with Crippen LogP contribution in [0.2, 0.25) is 0 Å². The van der Waals surface area contributed by atoms with Crippen molar-refractivity contribution in [2.45, 2.75) is 19.4 Å². The van der Waals surface area contributed by atoms with Crippen molar-refractivity contribution >= 4 is 17.7 Å². The highest BCUT2D eigenvalue weighted by Gasteiger charge is 2.32. The third-order valence-electron chi connectivity index (χ3n) is 2.75. The van der Waals surface area contributed by atoms with E-state index in [1.54, 1.807) is 14.2 Å². The fourth-order valence-corrected chi connectivity index (χ4v) is 1.90. The number of benzene rings is 1. The smallest absolute Gasteiger partial charge is 0.203 e. The Balaban J connectivity index is 2.61. The number of rotatable bonds is 2. The summed E-state index contributed by atoms with van der Waals surface area (Å²) in [6.45, 7) is 3.82. The van der Waals surface area contributed by atoms with E-state index < -0.39 is 5.60 Å². The second-order valence-electron chi connectivity index (χ2n) is 4.32. The van der Waals surface area contributed by atoms with Gasteiger partial charge in [0, 0.05) is 5.56 Å². The van der Waals surface area contributed by atoms with Crippen molar-refractivity contribution in [2.24, 2.45) is 0 Å². The first-order valence-electron chi connectivity index (χ1n) is 5.31. The van der Waals surface area contributed by atoms with Gasteiger partial charge >= 0.3 is 0 Å². The third-order valence-corrected chi connectivity index (χ3v) is 3.31. The summed E-state index contributed by atoms with van der Waals surface area (Å²) in [6, 6.07) is 3.73. The molecule has 17 heavy (non-hydrogen) atoms. The van der Waals surface area contributed by atoms with Crippen LogP contribution in [-0.4, -0.2) is 19.8 Å². The minimum atomic E-state index is -0.547. The molecule has 0 fully saturated rings. The van der Waals surface area contributed by atoms with Gasteiger partial charge in [-0.25, -0.2) is 0 Å². The molecule has 1 heterocycles. The minimum absolute atomic E-state index is 0.547. The number of hydrogen-bond donors (Lipinski definition) is 0. The van der Waals surface area contributed by atoms with Gasteiger partial charge in [0.2, 0.25) is 5.75 Å². The first-order valence-corrected chi connectivity index (χ1v) is 5.69. The Hall–Kier alpha value is -1.35. The van der Waals surface area contributed by atoms with Gasteiger partial charge in [-0.3, -0.25) is 0 Å². The molecule has 1 aromatic rings. The molecular formula is C13H15ClO3. The molecule has 0 saturated carbocycles. The van der Waals surface area contributed by atoms with Crippen LogP contribution >= 0.6 is 11.6 Å². The van der Waals surface area contributed by atoms with Crippen LogP contribution in [0.15, 0.2) is 17.2 Å². The molecule has 0 amide bonds. The lowest BCUT2D eigenvalue weighted by molar-refractivity contribution is 0.146. The van der Waals surface area contributed by atoms with E-state index in [4.69, 9.17) is 25.8 Å². The van der Waals surface area contributed by atoms with Gasteiger partial charge in [0.05, 0.1) is 19.3 Å². The van der Waals surface area contributed by atoms with Crippen LogP contribution in [0.1, 0.15) is 19.4 Å². The van der Waals surface area contributed by atoms with Crippen LogP contribution in [0.5, 0.6) is 17.2 Å². The molecule has 1 aliphatic rings. The molecule has 0 unspecified atom stereocenters. The lowest BCUT2D eigenvalue weighted by Crippen LogP contribution is -2.31. The number of ether oxygens (including phenoxy) is 3. The molecule has 0 radical (unpaired) electrons. The van der Waals surface area contributed by atoms with Crippen molar-refractivity contribution in [3.05, 3.63) is 22.7 Å². The van der Waals surface area contributed by atoms with Crippen molar-refractivity contribution in [3.8, 4) is 17.2 Å². The van der Waals surface area contributed by atoms with Gasteiger partial charge in [-0.2, -0.15) is 0 Å². The number of methoxy groups -OCH3 is 2. The van der Waals surface area contributed by atoms with Crippen molar-refractivity contribution in [2.75, 3.05) is 14.2 Å². The van der Waals surface area contributed by atoms with Gasteiger partial charge < -0.3 is 14.2 Å². The molecule has 92 valence electrons. The summed E-state index contributed by atoms with van der Waals surface area (Å²) in [5, 5.41) is 0.664. The van der Waals surface area contributed by atoms with E-state index in [9.17, 15) is 0 Å². The van der Waals surface area contributed by atoms with Crippen molar-refractivity contribution < 1.29 is 14.2 Å². The Bertz CT molecular complexity index is 478. The fourth-order valence-electron chi connectivity index (χ4n) is 1.75. The van der Waals surface area contributed by atoms with E-state index in [2.05, 4.69) is 0 Å². The normalized spacial score (nSPS) is 16.6. The highest BCUT2D eigenvalue weighted by Crippen LogP contribution is 2.46. The van der Waals surface area contributed by atoms with Crippen LogP contribution in [0.3, 0.4) is 0 Å². The molecule has 0 saturated heterocycles. The highest BCUT2D eigenvalue weighted by atomic mass is 35.5. The Morgan fingerprint density at radius 1 is 1.18 bits per heavy atom. The number of fused-ring (bicyclic) bond motifs is 1. The Morgan fingerprint density at radius 3 is 2.47 bits per heavy atom. The average molecular weight is 255 g/mol. The van der Waals surface area contributed by atoms with Crippen LogP contribution in [0.25, 0.3) is 6.08 Å². The second kappa shape index (κ2) is 4.15. The van der Waals surface area contributed by atoms with Gasteiger partial charge in [-0.05, 0) is 32.1 Å². The summed E-state index contributed by atoms with van der Waals surface area (Å²) < 4.78 is 16.5. The van der Waals surface area contributed by atoms with Gasteiger partial charge in [0.1, 0.15) is 5.60 Å². The highest BCUT2D eigenvalue weighted by molar-refractivity contribution is 6.32. The number of halogens is 1. The second-order valence-corrected chi connectivity index (χ2v) is 4.73. The van der Waals surface area contributed by atoms with Gasteiger partial charge in [0.15, 0.2) is 11.5 Å². The van der Waals surface area contributed by atoms with Crippen molar-refractivity contribution in [1.82, 2.24) is 0 Å². The standard InChI is InChI=1S/C13H15ClO3/c1-13(2)10(14)7-8-5-6-9(15-3)12(16-4)11(8)17-13/h5-7H,1-4H3. The van der Waals surface area contributed by atoms with E-state index >= 15 is 0 Å². The Labute approximate surface area is 106 Å². The molecular weight excluding hydrogens is 240 g/mol. The first kappa shape index (κ1) is 12.1. The van der Waals surface area contributed by atoms with Gasteiger partial charge in [-0.1, -0.05) is 11.6 Å². The first-order chi connectivity index (χ1) is 7.99. The van der Waals surface area contributed by atoms with Crippen molar-refractivity contribution in [3.63, 3.8) is 0 Å². The largest absolute Gasteiger partial charge is 0.493 e. The van der Waals surface area contributed by atoms with Crippen LogP contribution in [0, 0.1) is 0 Å². The van der Waals surface area contributed by atoms with Gasteiger partial charge in [-0.15, -0.1) is 0 Å². The Morgan fingerprint density at radius 2 is 1.88 bits per heavy atom. The summed E-state index contributed by atoms with van der Waals surface area (Å²) in [6.07, 6.45) is 1.89. The summed E-state index contributed by atoms with van der Waals surface area (Å²) >= 11 is 6.17. The minimum Gasteiger partial charge on any atom is -0.493 e. The van der Waals surface area contributed by atoms with Crippen molar-refractivity contribution in [1.29, 1.82) is 0 Å². The molecule has 0 N–H and O–H groups in total. The van der Waals surface area contributed by atoms with Gasteiger partial charge in [0.25, 0.3) is 0 Å². The van der Waals surface area contributed by atoms with Crippen LogP contribution < -0.4 is 14.2 Å². The van der Waals surface area contributed by atoms with Crippen LogP contribution in [-0.2, 0) is 0 Å². The molecule has 0 spiro atoms. The summed E-state index contributed by atoms with van der Waals surface area (Å²) in [4.78, 5) is 0. The molecule has 0 atom stereocenters. The summed E-state index contributed by atoms with van der Waals surface area (Å²) in [7, 11) is 3.19. The van der Waals surface area contributed by atoms with E-state index in [-0.39, 0.29) is 0 Å². The molecule has 0 aromatic heterocycles. The molecule has 3 nitrogen and oxygen atoms in total. The summed E-state index contributed by atoms with van der Waals surface area (Å²) in [5.74, 6) is 1.91. The monoisotopic (exact) mass is 254 g/mol. The molecule has 2 rings (SSSR count). The van der Waals surface area contributed by atoms with Crippen LogP contribution in [0.4, 0.5) is 0 Å². The maximum absolute atomic E-state index is 6.17. The molecule has 0 aliphatic carbocycles. The zero-order chi connectivity index (χ0) is 12.6. The SMILES string of the molecule is COc1ccc2c(c1OC)OC(C)(C)C(Cl)=C2. The maximum Gasteiger partial charge on any atom is 0.203 e. The fraction of sp³-hybridized carbons (Fsp3) is 0.385. The average Bonchev–Trinajstić information content (AvgIpc) is 2.29. The predicted octanol–water partition coefficient (Wildman–Crippen LogP) is 3.45. The third kappa shape index (κ3) is 1.95. The maximum atomic E-state index is 6.17. The molecule has 4 heteroatoms.